The molecule has 1 heterocycles. The maximum atomic E-state index is 12.5. The number of hydrogen-bond donors (Lipinski definition) is 1. The van der Waals surface area contributed by atoms with Crippen LogP contribution in [-0.2, 0) is 6.18 Å². The van der Waals surface area contributed by atoms with Crippen molar-refractivity contribution in [1.29, 1.82) is 0 Å². The van der Waals surface area contributed by atoms with Gasteiger partial charge in [-0.05, 0) is 37.2 Å². The van der Waals surface area contributed by atoms with Crippen LogP contribution in [0.15, 0.2) is 5.10 Å². The molecule has 1 aromatic rings. The zero-order valence-electron chi connectivity index (χ0n) is 9.83. The van der Waals surface area contributed by atoms with Crippen LogP contribution >= 0.6 is 11.5 Å². The predicted molar refractivity (Wildman–Crippen MR) is 62.9 cm³/mol. The Balaban J connectivity index is 2.06. The Bertz CT molecular complexity index is 489. The fourth-order valence-corrected chi connectivity index (χ4v) is 2.35. The Kier molecular flexibility index (Phi) is 4.13. The zero-order chi connectivity index (χ0) is 13.9. The smallest absolute Gasteiger partial charge is 0.266 e. The highest BCUT2D eigenvalue weighted by molar-refractivity contribution is 7.08. The number of alkyl halides is 3. The van der Waals surface area contributed by atoms with Crippen molar-refractivity contribution in [2.75, 3.05) is 0 Å². The fraction of sp³-hybridized carbons (Fsp3) is 0.600. The number of carbonyl (C=O) groups excluding carboxylic acids is 1. The lowest BCUT2D eigenvalue weighted by Gasteiger charge is -2.11. The maximum Gasteiger partial charge on any atom is 0.436 e. The van der Waals surface area contributed by atoms with Crippen LogP contribution < -0.4 is 5.43 Å². The minimum absolute atomic E-state index is 0.409. The van der Waals surface area contributed by atoms with Gasteiger partial charge in [0, 0.05) is 5.71 Å². The van der Waals surface area contributed by atoms with Gasteiger partial charge in [0.2, 0.25) is 0 Å². The average Bonchev–Trinajstić information content (AvgIpc) is 2.86. The second-order valence-electron chi connectivity index (χ2n) is 4.13. The first-order chi connectivity index (χ1) is 8.98. The molecule has 1 aliphatic carbocycles. The normalized spacial score (nSPS) is 16.3. The van der Waals surface area contributed by atoms with Gasteiger partial charge in [-0.2, -0.15) is 18.3 Å². The van der Waals surface area contributed by atoms with Gasteiger partial charge in [-0.3, -0.25) is 4.79 Å². The van der Waals surface area contributed by atoms with Crippen molar-refractivity contribution >= 4 is 23.2 Å². The summed E-state index contributed by atoms with van der Waals surface area (Å²) in [6.45, 7) is 0. The van der Waals surface area contributed by atoms with Crippen molar-refractivity contribution in [3.05, 3.63) is 10.6 Å². The van der Waals surface area contributed by atoms with Crippen LogP contribution in [0.5, 0.6) is 0 Å². The summed E-state index contributed by atoms with van der Waals surface area (Å²) >= 11 is 0.409. The van der Waals surface area contributed by atoms with Crippen molar-refractivity contribution in [1.82, 2.24) is 15.0 Å². The van der Waals surface area contributed by atoms with Gasteiger partial charge in [0.15, 0.2) is 5.69 Å². The molecule has 0 aromatic carbocycles. The van der Waals surface area contributed by atoms with E-state index < -0.39 is 22.7 Å². The van der Waals surface area contributed by atoms with Crippen molar-refractivity contribution in [3.63, 3.8) is 0 Å². The molecule has 104 valence electrons. The molecule has 0 bridgehead atoms. The topological polar surface area (TPSA) is 67.2 Å². The number of rotatable bonds is 2. The van der Waals surface area contributed by atoms with E-state index in [-0.39, 0.29) is 0 Å². The summed E-state index contributed by atoms with van der Waals surface area (Å²) in [5.74, 6) is -0.916. The van der Waals surface area contributed by atoms with E-state index in [0.29, 0.717) is 11.5 Å². The van der Waals surface area contributed by atoms with Crippen molar-refractivity contribution in [2.24, 2.45) is 5.10 Å². The number of nitrogens with one attached hydrogen (secondary N) is 1. The van der Waals surface area contributed by atoms with Crippen molar-refractivity contribution < 1.29 is 18.0 Å². The number of halogens is 3. The van der Waals surface area contributed by atoms with Gasteiger partial charge in [0.25, 0.3) is 5.91 Å². The van der Waals surface area contributed by atoms with Crippen LogP contribution in [0.4, 0.5) is 13.2 Å². The molecule has 0 unspecified atom stereocenters. The van der Waals surface area contributed by atoms with E-state index in [0.717, 1.165) is 37.8 Å². The van der Waals surface area contributed by atoms with Gasteiger partial charge < -0.3 is 0 Å². The summed E-state index contributed by atoms with van der Waals surface area (Å²) in [6.07, 6.45) is -0.0441. The number of nitrogens with zero attached hydrogens (tertiary/aromatic N) is 3. The highest BCUT2D eigenvalue weighted by atomic mass is 32.1. The molecule has 5 nitrogen and oxygen atoms in total. The summed E-state index contributed by atoms with van der Waals surface area (Å²) < 4.78 is 40.7. The van der Waals surface area contributed by atoms with Crippen LogP contribution in [0.25, 0.3) is 0 Å². The largest absolute Gasteiger partial charge is 0.436 e. The molecule has 0 radical (unpaired) electrons. The van der Waals surface area contributed by atoms with E-state index in [1.165, 1.54) is 0 Å². The van der Waals surface area contributed by atoms with Crippen molar-refractivity contribution in [2.45, 2.75) is 38.3 Å². The molecule has 1 fully saturated rings. The molecule has 2 rings (SSSR count). The fourth-order valence-electron chi connectivity index (χ4n) is 1.78. The lowest BCUT2D eigenvalue weighted by atomic mass is 9.99. The molecule has 9 heteroatoms. The van der Waals surface area contributed by atoms with Crippen LogP contribution in [0.3, 0.4) is 0 Å². The summed E-state index contributed by atoms with van der Waals surface area (Å²) in [5, 5.41) is 6.80. The van der Waals surface area contributed by atoms with Crippen LogP contribution in [0, 0.1) is 0 Å². The van der Waals surface area contributed by atoms with E-state index in [2.05, 4.69) is 20.1 Å². The summed E-state index contributed by atoms with van der Waals surface area (Å²) in [5.41, 5.74) is 1.69. The molecule has 0 saturated heterocycles. The van der Waals surface area contributed by atoms with E-state index in [9.17, 15) is 18.0 Å². The molecular formula is C10H11F3N4OS. The monoisotopic (exact) mass is 292 g/mol. The lowest BCUT2D eigenvalue weighted by Crippen LogP contribution is -2.22. The first-order valence-corrected chi connectivity index (χ1v) is 6.51. The third-order valence-corrected chi connectivity index (χ3v) is 3.43. The Morgan fingerprint density at radius 3 is 2.58 bits per heavy atom. The van der Waals surface area contributed by atoms with Gasteiger partial charge in [-0.1, -0.05) is 10.9 Å². The van der Waals surface area contributed by atoms with Gasteiger partial charge in [0.1, 0.15) is 4.88 Å². The van der Waals surface area contributed by atoms with E-state index in [4.69, 9.17) is 0 Å². The zero-order valence-corrected chi connectivity index (χ0v) is 10.6. The minimum Gasteiger partial charge on any atom is -0.266 e. The Labute approximate surface area is 111 Å². The number of aromatic nitrogens is 2. The first kappa shape index (κ1) is 13.9. The van der Waals surface area contributed by atoms with Gasteiger partial charge >= 0.3 is 6.18 Å². The second kappa shape index (κ2) is 5.64. The van der Waals surface area contributed by atoms with Crippen LogP contribution in [-0.4, -0.2) is 21.2 Å². The van der Waals surface area contributed by atoms with E-state index in [1.807, 2.05) is 0 Å². The summed E-state index contributed by atoms with van der Waals surface area (Å²) in [6, 6.07) is 0. The Hall–Kier alpha value is -1.51. The molecule has 1 saturated carbocycles. The number of amides is 1. The highest BCUT2D eigenvalue weighted by Crippen LogP contribution is 2.31. The van der Waals surface area contributed by atoms with Gasteiger partial charge in [0.05, 0.1) is 0 Å². The third-order valence-electron chi connectivity index (χ3n) is 2.71. The van der Waals surface area contributed by atoms with Gasteiger partial charge in [-0.15, -0.1) is 5.10 Å². The van der Waals surface area contributed by atoms with E-state index in [1.54, 1.807) is 0 Å². The van der Waals surface area contributed by atoms with E-state index >= 15 is 0 Å². The number of hydrogen-bond acceptors (Lipinski definition) is 5. The molecule has 1 aliphatic rings. The molecule has 0 spiro atoms. The summed E-state index contributed by atoms with van der Waals surface area (Å²) in [7, 11) is 0. The minimum atomic E-state index is -4.68. The molecule has 0 atom stereocenters. The second-order valence-corrected chi connectivity index (χ2v) is 4.88. The van der Waals surface area contributed by atoms with Crippen LogP contribution in [0.1, 0.15) is 47.5 Å². The SMILES string of the molecule is O=C(NN=C1CCCCC1)c1snnc1C(F)(F)F. The highest BCUT2D eigenvalue weighted by Gasteiger charge is 2.39. The molecule has 1 aromatic heterocycles. The molecule has 0 aliphatic heterocycles. The molecular weight excluding hydrogens is 281 g/mol. The third kappa shape index (κ3) is 3.49. The number of carbonyl (C=O) groups is 1. The Morgan fingerprint density at radius 1 is 1.26 bits per heavy atom. The van der Waals surface area contributed by atoms with Crippen LogP contribution in [0.2, 0.25) is 0 Å². The predicted octanol–water partition coefficient (Wildman–Crippen LogP) is 2.61. The quantitative estimate of drug-likeness (QED) is 0.852. The van der Waals surface area contributed by atoms with Gasteiger partial charge in [-0.25, -0.2) is 5.43 Å². The average molecular weight is 292 g/mol. The summed E-state index contributed by atoms with van der Waals surface area (Å²) in [4.78, 5) is 11.1. The number of hydrazone groups is 1. The maximum absolute atomic E-state index is 12.5. The lowest BCUT2D eigenvalue weighted by molar-refractivity contribution is -0.141. The molecule has 1 N–H and O–H groups in total. The standard InChI is InChI=1S/C10H11F3N4OS/c11-10(12,13)8-7(19-17-15-8)9(18)16-14-6-4-2-1-3-5-6/h1-5H2,(H,16,18). The molecule has 1 amide bonds. The molecule has 19 heavy (non-hydrogen) atoms. The first-order valence-electron chi connectivity index (χ1n) is 5.74. The van der Waals surface area contributed by atoms with Crippen molar-refractivity contribution in [3.8, 4) is 0 Å². The Morgan fingerprint density at radius 2 is 1.95 bits per heavy atom.